The molecule has 0 saturated carbocycles. The third-order valence-electron chi connectivity index (χ3n) is 3.51. The molecule has 0 fully saturated rings. The molecule has 0 aliphatic rings. The Morgan fingerprint density at radius 1 is 1.20 bits per heavy atom. The van der Waals surface area contributed by atoms with E-state index in [1.165, 1.54) is 11.0 Å². The van der Waals surface area contributed by atoms with Gasteiger partial charge in [-0.15, -0.1) is 0 Å². The maximum absolute atomic E-state index is 12.3. The van der Waals surface area contributed by atoms with Gasteiger partial charge in [-0.3, -0.25) is 0 Å². The quantitative estimate of drug-likeness (QED) is 0.748. The SMILES string of the molecule is Cc1cccc(Cl)c1NC(=O)N[C@@H](C)c1ncnn1-c1ncccn1. The lowest BCUT2D eigenvalue weighted by Gasteiger charge is -2.16. The Kier molecular flexibility index (Phi) is 4.90. The molecule has 9 heteroatoms. The molecule has 2 aromatic heterocycles. The van der Waals surface area contributed by atoms with Crippen molar-refractivity contribution in [2.75, 3.05) is 5.32 Å². The Labute approximate surface area is 149 Å². The van der Waals surface area contributed by atoms with E-state index in [-0.39, 0.29) is 0 Å². The molecule has 0 saturated heterocycles. The minimum atomic E-state index is -0.422. The highest BCUT2D eigenvalue weighted by molar-refractivity contribution is 6.33. The minimum Gasteiger partial charge on any atom is -0.328 e. The lowest BCUT2D eigenvalue weighted by atomic mass is 10.2. The highest BCUT2D eigenvalue weighted by atomic mass is 35.5. The molecule has 3 aromatic rings. The number of hydrogen-bond acceptors (Lipinski definition) is 5. The Morgan fingerprint density at radius 3 is 2.68 bits per heavy atom. The molecule has 2 N–H and O–H groups in total. The van der Waals surface area contributed by atoms with Crippen LogP contribution in [0, 0.1) is 6.92 Å². The number of hydrogen-bond donors (Lipinski definition) is 2. The number of aryl methyl sites for hydroxylation is 1. The summed E-state index contributed by atoms with van der Waals surface area (Å²) in [6, 6.07) is 6.30. The molecule has 25 heavy (non-hydrogen) atoms. The van der Waals surface area contributed by atoms with E-state index in [9.17, 15) is 4.79 Å². The first-order valence-electron chi connectivity index (χ1n) is 7.56. The predicted octanol–water partition coefficient (Wildman–Crippen LogP) is 2.90. The van der Waals surface area contributed by atoms with Gasteiger partial charge in [-0.25, -0.2) is 19.7 Å². The first-order valence-corrected chi connectivity index (χ1v) is 7.94. The van der Waals surface area contributed by atoms with E-state index in [1.54, 1.807) is 31.5 Å². The highest BCUT2D eigenvalue weighted by Gasteiger charge is 2.18. The summed E-state index contributed by atoms with van der Waals surface area (Å²) in [5, 5.41) is 10.2. The number of para-hydroxylation sites is 1. The molecule has 1 aromatic carbocycles. The van der Waals surface area contributed by atoms with Crippen molar-refractivity contribution in [2.45, 2.75) is 19.9 Å². The third kappa shape index (κ3) is 3.74. The summed E-state index contributed by atoms with van der Waals surface area (Å²) in [6.07, 6.45) is 4.61. The molecule has 2 heterocycles. The second kappa shape index (κ2) is 7.27. The zero-order valence-electron chi connectivity index (χ0n) is 13.6. The fourth-order valence-electron chi connectivity index (χ4n) is 2.30. The van der Waals surface area contributed by atoms with Crippen molar-refractivity contribution in [3.8, 4) is 5.95 Å². The van der Waals surface area contributed by atoms with Crippen LogP contribution in [0.5, 0.6) is 0 Å². The van der Waals surface area contributed by atoms with Gasteiger partial charge in [0.2, 0.25) is 0 Å². The Balaban J connectivity index is 1.74. The van der Waals surface area contributed by atoms with Gasteiger partial charge in [-0.05, 0) is 31.5 Å². The van der Waals surface area contributed by atoms with Gasteiger partial charge in [0.1, 0.15) is 6.33 Å². The van der Waals surface area contributed by atoms with E-state index in [4.69, 9.17) is 11.6 Å². The van der Waals surface area contributed by atoms with Gasteiger partial charge in [0, 0.05) is 12.4 Å². The van der Waals surface area contributed by atoms with Crippen molar-refractivity contribution >= 4 is 23.3 Å². The van der Waals surface area contributed by atoms with Crippen LogP contribution < -0.4 is 10.6 Å². The number of urea groups is 1. The van der Waals surface area contributed by atoms with Crippen LogP contribution in [0.15, 0.2) is 43.0 Å². The van der Waals surface area contributed by atoms with Gasteiger partial charge >= 0.3 is 6.03 Å². The van der Waals surface area contributed by atoms with Gasteiger partial charge in [-0.2, -0.15) is 9.78 Å². The van der Waals surface area contributed by atoms with Crippen molar-refractivity contribution in [1.29, 1.82) is 0 Å². The van der Waals surface area contributed by atoms with Crippen LogP contribution in [0.2, 0.25) is 5.02 Å². The number of anilines is 1. The number of carbonyl (C=O) groups is 1. The maximum Gasteiger partial charge on any atom is 0.319 e. The molecule has 1 atom stereocenters. The smallest absolute Gasteiger partial charge is 0.319 e. The fraction of sp³-hybridized carbons (Fsp3) is 0.188. The number of halogens is 1. The van der Waals surface area contributed by atoms with E-state index in [2.05, 4.69) is 30.7 Å². The summed E-state index contributed by atoms with van der Waals surface area (Å²) < 4.78 is 1.48. The number of benzene rings is 1. The lowest BCUT2D eigenvalue weighted by molar-refractivity contribution is 0.248. The van der Waals surface area contributed by atoms with E-state index in [0.717, 1.165) is 5.56 Å². The van der Waals surface area contributed by atoms with E-state index in [1.807, 2.05) is 19.1 Å². The van der Waals surface area contributed by atoms with Crippen molar-refractivity contribution < 1.29 is 4.79 Å². The summed E-state index contributed by atoms with van der Waals surface area (Å²) >= 11 is 6.13. The van der Waals surface area contributed by atoms with E-state index in [0.29, 0.717) is 22.5 Å². The average molecular weight is 358 g/mol. The molecule has 0 spiro atoms. The van der Waals surface area contributed by atoms with Crippen LogP contribution in [0.25, 0.3) is 5.95 Å². The van der Waals surface area contributed by atoms with Crippen molar-refractivity contribution in [3.63, 3.8) is 0 Å². The first-order chi connectivity index (χ1) is 12.1. The molecule has 0 aliphatic heterocycles. The van der Waals surface area contributed by atoms with Crippen molar-refractivity contribution in [2.24, 2.45) is 0 Å². The van der Waals surface area contributed by atoms with Gasteiger partial charge in [0.25, 0.3) is 5.95 Å². The fourth-order valence-corrected chi connectivity index (χ4v) is 2.57. The molecule has 0 unspecified atom stereocenters. The van der Waals surface area contributed by atoms with Crippen LogP contribution in [0.1, 0.15) is 24.4 Å². The minimum absolute atomic E-state index is 0.381. The summed E-state index contributed by atoms with van der Waals surface area (Å²) in [7, 11) is 0. The molecule has 2 amide bonds. The molecular formula is C16H16ClN7O. The Hall–Kier alpha value is -3.00. The van der Waals surface area contributed by atoms with Crippen molar-refractivity contribution in [3.05, 3.63) is 59.4 Å². The van der Waals surface area contributed by atoms with Crippen LogP contribution in [-0.2, 0) is 0 Å². The van der Waals surface area contributed by atoms with Gasteiger partial charge < -0.3 is 10.6 Å². The van der Waals surface area contributed by atoms with Crippen LogP contribution in [-0.4, -0.2) is 30.8 Å². The third-order valence-corrected chi connectivity index (χ3v) is 3.83. The van der Waals surface area contributed by atoms with Gasteiger partial charge in [0.05, 0.1) is 16.8 Å². The molecule has 128 valence electrons. The Bertz CT molecular complexity index is 861. The number of carbonyl (C=O) groups excluding carboxylic acids is 1. The van der Waals surface area contributed by atoms with Crippen LogP contribution in [0.4, 0.5) is 10.5 Å². The summed E-state index contributed by atoms with van der Waals surface area (Å²) in [6.45, 7) is 3.66. The van der Waals surface area contributed by atoms with Gasteiger partial charge in [0.15, 0.2) is 5.82 Å². The standard InChI is InChI=1S/C16H16ClN7O/c1-10-5-3-6-12(17)13(10)23-16(25)22-11(2)14-20-9-21-24(14)15-18-7-4-8-19-15/h3-9,11H,1-2H3,(H2,22,23,25)/t11-/m0/s1. The van der Waals surface area contributed by atoms with E-state index < -0.39 is 12.1 Å². The molecule has 0 aliphatic carbocycles. The monoisotopic (exact) mass is 357 g/mol. The van der Waals surface area contributed by atoms with Crippen molar-refractivity contribution in [1.82, 2.24) is 30.0 Å². The summed E-state index contributed by atoms with van der Waals surface area (Å²) in [5.41, 5.74) is 1.44. The Morgan fingerprint density at radius 2 is 1.96 bits per heavy atom. The normalized spacial score (nSPS) is 11.8. The number of nitrogens with one attached hydrogen (secondary N) is 2. The largest absolute Gasteiger partial charge is 0.328 e. The average Bonchev–Trinajstić information content (AvgIpc) is 3.09. The summed E-state index contributed by atoms with van der Waals surface area (Å²) in [4.78, 5) is 24.8. The highest BCUT2D eigenvalue weighted by Crippen LogP contribution is 2.25. The molecule has 8 nitrogen and oxygen atoms in total. The molecular weight excluding hydrogens is 342 g/mol. The second-order valence-electron chi connectivity index (χ2n) is 5.33. The second-order valence-corrected chi connectivity index (χ2v) is 5.74. The van der Waals surface area contributed by atoms with Gasteiger partial charge in [-0.1, -0.05) is 23.7 Å². The molecule has 3 rings (SSSR count). The zero-order chi connectivity index (χ0) is 17.8. The van der Waals surface area contributed by atoms with Crippen LogP contribution in [0.3, 0.4) is 0 Å². The number of aromatic nitrogens is 5. The zero-order valence-corrected chi connectivity index (χ0v) is 14.4. The topological polar surface area (TPSA) is 97.6 Å². The lowest BCUT2D eigenvalue weighted by Crippen LogP contribution is -2.33. The number of rotatable bonds is 4. The van der Waals surface area contributed by atoms with Crippen LogP contribution >= 0.6 is 11.6 Å². The number of amides is 2. The predicted molar refractivity (Wildman–Crippen MR) is 93.7 cm³/mol. The molecule has 0 bridgehead atoms. The number of nitrogens with zero attached hydrogens (tertiary/aromatic N) is 5. The van der Waals surface area contributed by atoms with E-state index >= 15 is 0 Å². The molecule has 0 radical (unpaired) electrons. The summed E-state index contributed by atoms with van der Waals surface area (Å²) in [5.74, 6) is 0.892. The first kappa shape index (κ1) is 16.8. The maximum atomic E-state index is 12.3.